The maximum absolute atomic E-state index is 14.5. The zero-order chi connectivity index (χ0) is 25.7. The van der Waals surface area contributed by atoms with Crippen LogP contribution in [0.1, 0.15) is 15.9 Å². The van der Waals surface area contributed by atoms with E-state index in [9.17, 15) is 14.0 Å². The summed E-state index contributed by atoms with van der Waals surface area (Å²) in [5.41, 5.74) is 2.31. The number of aromatic nitrogens is 2. The van der Waals surface area contributed by atoms with Gasteiger partial charge in [-0.1, -0.05) is 23.7 Å². The zero-order valence-corrected chi connectivity index (χ0v) is 20.4. The summed E-state index contributed by atoms with van der Waals surface area (Å²) in [7, 11) is 3.08. The lowest BCUT2D eigenvalue weighted by molar-refractivity contribution is -0.117. The van der Waals surface area contributed by atoms with Crippen molar-refractivity contribution < 1.29 is 18.7 Å². The number of methoxy groups -OCH3 is 1. The summed E-state index contributed by atoms with van der Waals surface area (Å²) in [4.78, 5) is 35.1. The van der Waals surface area contributed by atoms with Gasteiger partial charge in [-0.25, -0.2) is 9.37 Å². The van der Waals surface area contributed by atoms with Crippen LogP contribution < -0.4 is 21.3 Å². The summed E-state index contributed by atoms with van der Waals surface area (Å²) in [5.74, 6) is -0.926. The Balaban J connectivity index is 1.56. The van der Waals surface area contributed by atoms with E-state index in [4.69, 9.17) is 16.3 Å². The summed E-state index contributed by atoms with van der Waals surface area (Å²) in [6.07, 6.45) is 1.36. The predicted octanol–water partition coefficient (Wildman–Crippen LogP) is 3.52. The van der Waals surface area contributed by atoms with E-state index in [0.717, 1.165) is 5.56 Å². The molecule has 1 aliphatic heterocycles. The number of fused-ring (bicyclic) bond motifs is 1. The molecule has 0 unspecified atom stereocenters. The van der Waals surface area contributed by atoms with Gasteiger partial charge >= 0.3 is 0 Å². The van der Waals surface area contributed by atoms with Crippen LogP contribution in [0.3, 0.4) is 0 Å². The standard InChI is InChI=1S/C24H25ClFN7O3/c1-27-23(35)16-4-3-5-18(26)21(16)31-22-17(25)11-28-24(32-22)29-15-7-6-14-12-33(8-9-36-2)13-20(34)30-19(14)10-15/h3-7,10-11H,8-9,12-13H2,1-2H3,(H,27,35)(H,30,34)(H2,28,29,31,32). The number of amides is 2. The monoisotopic (exact) mass is 513 g/mol. The van der Waals surface area contributed by atoms with Gasteiger partial charge in [-0.15, -0.1) is 0 Å². The summed E-state index contributed by atoms with van der Waals surface area (Å²) < 4.78 is 19.7. The van der Waals surface area contributed by atoms with Gasteiger partial charge in [-0.2, -0.15) is 4.98 Å². The molecule has 2 amide bonds. The Morgan fingerprint density at radius 1 is 1.25 bits per heavy atom. The number of carbonyl (C=O) groups excluding carboxylic acids is 2. The molecule has 1 aliphatic rings. The molecule has 0 bridgehead atoms. The summed E-state index contributed by atoms with van der Waals surface area (Å²) >= 11 is 6.25. The number of anilines is 5. The first kappa shape index (κ1) is 25.3. The first-order valence-electron chi connectivity index (χ1n) is 11.1. The van der Waals surface area contributed by atoms with Crippen molar-refractivity contribution >= 4 is 52.2 Å². The van der Waals surface area contributed by atoms with Crippen LogP contribution in [0.5, 0.6) is 0 Å². The number of carbonyl (C=O) groups is 2. The van der Waals surface area contributed by atoms with E-state index >= 15 is 0 Å². The second-order valence-corrected chi connectivity index (χ2v) is 8.41. The van der Waals surface area contributed by atoms with Crippen LogP contribution in [0.2, 0.25) is 5.02 Å². The third kappa shape index (κ3) is 5.88. The smallest absolute Gasteiger partial charge is 0.253 e. The molecule has 4 rings (SSSR count). The van der Waals surface area contributed by atoms with Crippen molar-refractivity contribution in [2.45, 2.75) is 6.54 Å². The van der Waals surface area contributed by atoms with E-state index in [1.807, 2.05) is 17.0 Å². The number of hydrogen-bond acceptors (Lipinski definition) is 8. The molecule has 4 N–H and O–H groups in total. The van der Waals surface area contributed by atoms with Gasteiger partial charge in [-0.05, 0) is 29.8 Å². The van der Waals surface area contributed by atoms with Gasteiger partial charge in [0.05, 0.1) is 30.6 Å². The van der Waals surface area contributed by atoms with E-state index in [0.29, 0.717) is 31.1 Å². The lowest BCUT2D eigenvalue weighted by Gasteiger charge is -2.18. The third-order valence-corrected chi connectivity index (χ3v) is 5.76. The summed E-state index contributed by atoms with van der Waals surface area (Å²) in [6.45, 7) is 2.04. The maximum Gasteiger partial charge on any atom is 0.253 e. The Hall–Kier alpha value is -3.80. The van der Waals surface area contributed by atoms with Gasteiger partial charge in [0, 0.05) is 38.6 Å². The molecule has 2 heterocycles. The lowest BCUT2D eigenvalue weighted by atomic mass is 10.1. The molecule has 1 aromatic heterocycles. The van der Waals surface area contributed by atoms with Crippen molar-refractivity contribution in [3.8, 4) is 0 Å². The fourth-order valence-corrected chi connectivity index (χ4v) is 3.85. The topological polar surface area (TPSA) is 121 Å². The highest BCUT2D eigenvalue weighted by Gasteiger charge is 2.20. The van der Waals surface area contributed by atoms with Crippen LogP contribution in [0.15, 0.2) is 42.6 Å². The fraction of sp³-hybridized carbons (Fsp3) is 0.250. The first-order chi connectivity index (χ1) is 17.4. The van der Waals surface area contributed by atoms with Crippen LogP contribution in [0, 0.1) is 5.82 Å². The number of ether oxygens (including phenoxy) is 1. The van der Waals surface area contributed by atoms with E-state index in [2.05, 4.69) is 31.2 Å². The number of halogens is 2. The highest BCUT2D eigenvalue weighted by molar-refractivity contribution is 6.33. The van der Waals surface area contributed by atoms with Crippen molar-refractivity contribution in [1.82, 2.24) is 20.2 Å². The van der Waals surface area contributed by atoms with Crippen LogP contribution >= 0.6 is 11.6 Å². The van der Waals surface area contributed by atoms with Crippen LogP contribution in [0.4, 0.5) is 33.2 Å². The fourth-order valence-electron chi connectivity index (χ4n) is 3.71. The molecule has 0 spiro atoms. The minimum atomic E-state index is -0.638. The number of nitrogens with one attached hydrogen (secondary N) is 4. The van der Waals surface area contributed by atoms with E-state index < -0.39 is 11.7 Å². The number of benzene rings is 2. The predicted molar refractivity (Wildman–Crippen MR) is 136 cm³/mol. The van der Waals surface area contributed by atoms with Crippen molar-refractivity contribution in [2.75, 3.05) is 49.8 Å². The molecule has 0 radical (unpaired) electrons. The molecule has 0 fully saturated rings. The number of para-hydroxylation sites is 1. The van der Waals surface area contributed by atoms with Crippen molar-refractivity contribution in [3.63, 3.8) is 0 Å². The second-order valence-electron chi connectivity index (χ2n) is 8.01. The van der Waals surface area contributed by atoms with Crippen molar-refractivity contribution in [2.24, 2.45) is 0 Å². The quantitative estimate of drug-likeness (QED) is 0.361. The molecule has 10 nitrogen and oxygen atoms in total. The number of rotatable bonds is 8. The number of nitrogens with zero attached hydrogens (tertiary/aromatic N) is 3. The Bertz CT molecular complexity index is 1290. The third-order valence-electron chi connectivity index (χ3n) is 5.49. The van der Waals surface area contributed by atoms with Crippen LogP contribution in [0.25, 0.3) is 0 Å². The molecule has 0 saturated carbocycles. The van der Waals surface area contributed by atoms with Gasteiger partial charge in [0.25, 0.3) is 5.91 Å². The summed E-state index contributed by atoms with van der Waals surface area (Å²) in [5, 5.41) is 11.4. The Morgan fingerprint density at radius 2 is 2.08 bits per heavy atom. The van der Waals surface area contributed by atoms with Crippen molar-refractivity contribution in [3.05, 3.63) is 64.6 Å². The minimum Gasteiger partial charge on any atom is -0.383 e. The minimum absolute atomic E-state index is 0.0610. The Morgan fingerprint density at radius 3 is 2.86 bits per heavy atom. The molecule has 3 aromatic rings. The van der Waals surface area contributed by atoms with Crippen molar-refractivity contribution in [1.29, 1.82) is 0 Å². The van der Waals surface area contributed by atoms with Gasteiger partial charge in [-0.3, -0.25) is 14.5 Å². The largest absolute Gasteiger partial charge is 0.383 e. The average molecular weight is 514 g/mol. The molecule has 2 aromatic carbocycles. The molecular weight excluding hydrogens is 489 g/mol. The molecule has 188 valence electrons. The van der Waals surface area contributed by atoms with Crippen LogP contribution in [-0.4, -0.2) is 60.5 Å². The van der Waals surface area contributed by atoms with Gasteiger partial charge in [0.1, 0.15) is 10.8 Å². The normalized spacial score (nSPS) is 13.4. The van der Waals surface area contributed by atoms with Gasteiger partial charge in [0.2, 0.25) is 11.9 Å². The zero-order valence-electron chi connectivity index (χ0n) is 19.7. The first-order valence-corrected chi connectivity index (χ1v) is 11.5. The van der Waals surface area contributed by atoms with E-state index in [-0.39, 0.29) is 40.5 Å². The van der Waals surface area contributed by atoms with E-state index in [1.54, 1.807) is 13.2 Å². The van der Waals surface area contributed by atoms with Gasteiger partial charge < -0.3 is 26.0 Å². The molecular formula is C24H25ClFN7O3. The molecule has 12 heteroatoms. The molecule has 36 heavy (non-hydrogen) atoms. The highest BCUT2D eigenvalue weighted by atomic mass is 35.5. The van der Waals surface area contributed by atoms with E-state index in [1.165, 1.54) is 31.4 Å². The average Bonchev–Trinajstić information content (AvgIpc) is 3.02. The second kappa shape index (κ2) is 11.3. The Labute approximate surface area is 212 Å². The van der Waals surface area contributed by atoms with Crippen LogP contribution in [-0.2, 0) is 16.1 Å². The summed E-state index contributed by atoms with van der Waals surface area (Å²) in [6, 6.07) is 9.69. The van der Waals surface area contributed by atoms with Gasteiger partial charge in [0.15, 0.2) is 5.82 Å². The molecule has 0 atom stereocenters. The highest BCUT2D eigenvalue weighted by Crippen LogP contribution is 2.30. The Kier molecular flexibility index (Phi) is 7.93. The molecule has 0 aliphatic carbocycles. The lowest BCUT2D eigenvalue weighted by Crippen LogP contribution is -2.32. The number of hydrogen-bond donors (Lipinski definition) is 4. The maximum atomic E-state index is 14.5. The SMILES string of the molecule is CNC(=O)c1cccc(F)c1Nc1nc(Nc2ccc3c(c2)NC(=O)CN(CCOC)C3)ncc1Cl. The molecule has 0 saturated heterocycles.